The minimum absolute atomic E-state index is 0. The normalized spacial score (nSPS) is 11.2. The second kappa shape index (κ2) is 4.44. The number of H-pyrrole nitrogens is 1. The van der Waals surface area contributed by atoms with Crippen LogP contribution in [0.2, 0.25) is 0 Å². The fraction of sp³-hybridized carbons (Fsp3) is 0. The van der Waals surface area contributed by atoms with Crippen molar-refractivity contribution >= 4 is 72.4 Å². The first-order chi connectivity index (χ1) is 6.09. The number of aromatic amines is 1. The molecule has 0 aliphatic rings. The molecule has 0 aliphatic heterocycles. The van der Waals surface area contributed by atoms with Gasteiger partial charge in [0, 0.05) is 17.1 Å². The zero-order chi connectivity index (χ0) is 9.47. The maximum absolute atomic E-state index is 10.8. The minimum atomic E-state index is -4.12. The van der Waals surface area contributed by atoms with E-state index < -0.39 is 10.1 Å². The van der Waals surface area contributed by atoms with Crippen molar-refractivity contribution in [3.8, 4) is 0 Å². The molecule has 6 heteroatoms. The van der Waals surface area contributed by atoms with Gasteiger partial charge in [-0.05, 0) is 6.07 Å². The summed E-state index contributed by atoms with van der Waals surface area (Å²) < 4.78 is 30.5. The summed E-state index contributed by atoms with van der Waals surface area (Å²) >= 11 is 0. The molecule has 0 spiro atoms. The number of hydrogen-bond acceptors (Lipinski definition) is 2. The Kier molecular flexibility index (Phi) is 3.92. The second-order valence-corrected chi connectivity index (χ2v) is 4.06. The van der Waals surface area contributed by atoms with Crippen LogP contribution in [-0.4, -0.2) is 69.3 Å². The molecule has 1 aromatic heterocycles. The van der Waals surface area contributed by atoms with Gasteiger partial charge in [0.25, 0.3) is 10.1 Å². The first-order valence-electron chi connectivity index (χ1n) is 3.62. The van der Waals surface area contributed by atoms with Crippen LogP contribution < -0.4 is 0 Å². The van der Waals surface area contributed by atoms with Gasteiger partial charge in [-0.2, -0.15) is 8.42 Å². The molecular formula is C8H8KNO3S. The molecule has 2 rings (SSSR count). The van der Waals surface area contributed by atoms with Gasteiger partial charge in [0.1, 0.15) is 4.90 Å². The van der Waals surface area contributed by atoms with Crippen LogP contribution in [0.1, 0.15) is 0 Å². The number of aromatic nitrogens is 1. The molecule has 14 heavy (non-hydrogen) atoms. The molecule has 1 aromatic carbocycles. The molecule has 0 aliphatic carbocycles. The van der Waals surface area contributed by atoms with Crippen LogP contribution in [0.25, 0.3) is 10.9 Å². The average Bonchev–Trinajstić information content (AvgIpc) is 2.45. The van der Waals surface area contributed by atoms with E-state index in [0.717, 1.165) is 0 Å². The van der Waals surface area contributed by atoms with Crippen LogP contribution >= 0.6 is 0 Å². The van der Waals surface area contributed by atoms with Gasteiger partial charge in [0.15, 0.2) is 0 Å². The Morgan fingerprint density at radius 2 is 1.86 bits per heavy atom. The van der Waals surface area contributed by atoms with Crippen molar-refractivity contribution in [2.45, 2.75) is 4.90 Å². The molecule has 2 aromatic rings. The fourth-order valence-electron chi connectivity index (χ4n) is 1.26. The number of fused-ring (bicyclic) bond motifs is 1. The SMILES string of the molecule is O=S(=O)(O)c1c[nH]c2ccccc12.[KH]. The standard InChI is InChI=1S/C8H7NO3S.K.H/c10-13(11,12)8-5-9-7-4-2-1-3-6(7)8;;/h1-5,9H,(H,10,11,12);;. The Balaban J connectivity index is 0.000000980. The Hall–Kier alpha value is 0.306. The van der Waals surface area contributed by atoms with Crippen molar-refractivity contribution in [2.75, 3.05) is 0 Å². The molecule has 70 valence electrons. The van der Waals surface area contributed by atoms with E-state index in [1.807, 2.05) is 0 Å². The Bertz CT molecular complexity index is 546. The summed E-state index contributed by atoms with van der Waals surface area (Å²) in [6.45, 7) is 0. The van der Waals surface area contributed by atoms with Gasteiger partial charge in [-0.1, -0.05) is 18.2 Å². The zero-order valence-electron chi connectivity index (χ0n) is 6.56. The summed E-state index contributed by atoms with van der Waals surface area (Å²) in [4.78, 5) is 2.68. The van der Waals surface area contributed by atoms with Crippen LogP contribution in [0.3, 0.4) is 0 Å². The van der Waals surface area contributed by atoms with Crippen molar-refractivity contribution in [2.24, 2.45) is 0 Å². The zero-order valence-corrected chi connectivity index (χ0v) is 7.38. The Morgan fingerprint density at radius 3 is 2.50 bits per heavy atom. The van der Waals surface area contributed by atoms with Crippen molar-refractivity contribution in [1.82, 2.24) is 4.98 Å². The Labute approximate surface area is 124 Å². The third kappa shape index (κ3) is 2.27. The van der Waals surface area contributed by atoms with Crippen molar-refractivity contribution in [1.29, 1.82) is 0 Å². The number of hydrogen-bond donors (Lipinski definition) is 2. The van der Waals surface area contributed by atoms with E-state index in [0.29, 0.717) is 10.9 Å². The summed E-state index contributed by atoms with van der Waals surface area (Å²) in [5.74, 6) is 0. The molecule has 0 fully saturated rings. The molecule has 0 radical (unpaired) electrons. The summed E-state index contributed by atoms with van der Waals surface area (Å²) in [5, 5.41) is 0.505. The van der Waals surface area contributed by atoms with Crippen molar-refractivity contribution < 1.29 is 13.0 Å². The van der Waals surface area contributed by atoms with E-state index in [9.17, 15) is 8.42 Å². The van der Waals surface area contributed by atoms with Gasteiger partial charge in [-0.15, -0.1) is 0 Å². The van der Waals surface area contributed by atoms with Gasteiger partial charge < -0.3 is 4.98 Å². The van der Waals surface area contributed by atoms with E-state index in [2.05, 4.69) is 4.98 Å². The summed E-state index contributed by atoms with van der Waals surface area (Å²) in [5.41, 5.74) is 0.690. The number of benzene rings is 1. The third-order valence-electron chi connectivity index (χ3n) is 1.83. The van der Waals surface area contributed by atoms with Crippen molar-refractivity contribution in [3.63, 3.8) is 0 Å². The van der Waals surface area contributed by atoms with Gasteiger partial charge in [-0.25, -0.2) is 0 Å². The Morgan fingerprint density at radius 1 is 1.21 bits per heavy atom. The van der Waals surface area contributed by atoms with E-state index >= 15 is 0 Å². The predicted molar refractivity (Wildman–Crippen MR) is 55.3 cm³/mol. The molecule has 0 amide bonds. The molecule has 0 saturated heterocycles. The van der Waals surface area contributed by atoms with E-state index in [4.69, 9.17) is 4.55 Å². The number of nitrogens with one attached hydrogen (secondary N) is 1. The summed E-state index contributed by atoms with van der Waals surface area (Å²) in [6, 6.07) is 6.87. The van der Waals surface area contributed by atoms with Crippen LogP contribution in [-0.2, 0) is 10.1 Å². The van der Waals surface area contributed by atoms with Crippen LogP contribution in [0.4, 0.5) is 0 Å². The van der Waals surface area contributed by atoms with E-state index in [-0.39, 0.29) is 56.3 Å². The monoisotopic (exact) mass is 237 g/mol. The first kappa shape index (κ1) is 12.4. The maximum atomic E-state index is 10.8. The van der Waals surface area contributed by atoms with Gasteiger partial charge in [0.2, 0.25) is 0 Å². The molecule has 2 N–H and O–H groups in total. The molecule has 4 nitrogen and oxygen atoms in total. The summed E-state index contributed by atoms with van der Waals surface area (Å²) in [6.07, 6.45) is 1.28. The van der Waals surface area contributed by atoms with Gasteiger partial charge >= 0.3 is 51.4 Å². The summed E-state index contributed by atoms with van der Waals surface area (Å²) in [7, 11) is -4.12. The van der Waals surface area contributed by atoms with Gasteiger partial charge in [-0.3, -0.25) is 4.55 Å². The van der Waals surface area contributed by atoms with E-state index in [1.54, 1.807) is 24.3 Å². The number of rotatable bonds is 1. The topological polar surface area (TPSA) is 70.2 Å². The van der Waals surface area contributed by atoms with Gasteiger partial charge in [0.05, 0.1) is 0 Å². The van der Waals surface area contributed by atoms with Crippen LogP contribution in [0.5, 0.6) is 0 Å². The molecule has 0 bridgehead atoms. The third-order valence-corrected chi connectivity index (χ3v) is 2.72. The first-order valence-corrected chi connectivity index (χ1v) is 5.06. The molecule has 0 saturated carbocycles. The molecule has 0 unspecified atom stereocenters. The molecule has 1 heterocycles. The average molecular weight is 237 g/mol. The quantitative estimate of drug-likeness (QED) is 0.568. The second-order valence-electron chi connectivity index (χ2n) is 2.67. The van der Waals surface area contributed by atoms with E-state index in [1.165, 1.54) is 6.20 Å². The molecular weight excluding hydrogens is 229 g/mol. The van der Waals surface area contributed by atoms with Crippen LogP contribution in [0.15, 0.2) is 35.4 Å². The predicted octanol–water partition coefficient (Wildman–Crippen LogP) is 0.766. The molecule has 0 atom stereocenters. The fourth-order valence-corrected chi connectivity index (χ4v) is 1.92. The van der Waals surface area contributed by atoms with Crippen LogP contribution in [0, 0.1) is 0 Å². The van der Waals surface area contributed by atoms with Crippen molar-refractivity contribution in [3.05, 3.63) is 30.5 Å². The number of para-hydroxylation sites is 1.